The van der Waals surface area contributed by atoms with Crippen molar-refractivity contribution in [2.45, 2.75) is 46.0 Å². The highest BCUT2D eigenvalue weighted by Crippen LogP contribution is 2.14. The van der Waals surface area contributed by atoms with E-state index in [-0.39, 0.29) is 0 Å². The van der Waals surface area contributed by atoms with Gasteiger partial charge in [-0.25, -0.2) is 0 Å². The van der Waals surface area contributed by atoms with Crippen LogP contribution in [0.1, 0.15) is 45.1 Å². The van der Waals surface area contributed by atoms with Gasteiger partial charge in [0.2, 0.25) is 0 Å². The van der Waals surface area contributed by atoms with Crippen LogP contribution in [-0.2, 0) is 11.2 Å². The van der Waals surface area contributed by atoms with Gasteiger partial charge in [-0.3, -0.25) is 4.79 Å². The molecule has 0 aromatic heterocycles. The van der Waals surface area contributed by atoms with Crippen LogP contribution in [0.2, 0.25) is 0 Å². The van der Waals surface area contributed by atoms with Gasteiger partial charge in [0.1, 0.15) is 5.78 Å². The van der Waals surface area contributed by atoms with E-state index in [1.54, 1.807) is 0 Å². The third kappa shape index (κ3) is 4.61. The number of ketones is 1. The molecule has 0 radical (unpaired) electrons. The van der Waals surface area contributed by atoms with E-state index in [9.17, 15) is 4.79 Å². The molecule has 88 valence electrons. The Bertz CT molecular complexity index is 298. The summed E-state index contributed by atoms with van der Waals surface area (Å²) in [5.74, 6) is 1.00. The highest BCUT2D eigenvalue weighted by molar-refractivity contribution is 5.78. The lowest BCUT2D eigenvalue weighted by molar-refractivity contribution is -0.120. The maximum Gasteiger partial charge on any atom is 0.133 e. The minimum absolute atomic E-state index is 0.414. The van der Waals surface area contributed by atoms with Crippen molar-refractivity contribution in [2.24, 2.45) is 5.92 Å². The topological polar surface area (TPSA) is 17.1 Å². The molecule has 1 aromatic carbocycles. The minimum atomic E-state index is 0.414. The van der Waals surface area contributed by atoms with Gasteiger partial charge < -0.3 is 0 Å². The first-order valence-corrected chi connectivity index (χ1v) is 6.31. The third-order valence-electron chi connectivity index (χ3n) is 3.21. The van der Waals surface area contributed by atoms with E-state index in [0.29, 0.717) is 18.1 Å². The lowest BCUT2D eigenvalue weighted by atomic mass is 9.94. The lowest BCUT2D eigenvalue weighted by Crippen LogP contribution is -2.07. The fraction of sp³-hybridized carbons (Fsp3) is 0.533. The van der Waals surface area contributed by atoms with Crippen LogP contribution in [0.4, 0.5) is 0 Å². The molecule has 0 unspecified atom stereocenters. The number of aryl methyl sites for hydroxylation is 1. The van der Waals surface area contributed by atoms with Gasteiger partial charge in [-0.2, -0.15) is 0 Å². The van der Waals surface area contributed by atoms with Crippen LogP contribution >= 0.6 is 0 Å². The molecular formula is C15H22O. The first-order chi connectivity index (χ1) is 7.76. The predicted molar refractivity (Wildman–Crippen MR) is 68.5 cm³/mol. The van der Waals surface area contributed by atoms with Crippen molar-refractivity contribution >= 4 is 5.78 Å². The first-order valence-electron chi connectivity index (χ1n) is 6.31. The number of rotatable bonds is 7. The fourth-order valence-electron chi connectivity index (χ4n) is 1.93. The van der Waals surface area contributed by atoms with Gasteiger partial charge in [0.15, 0.2) is 0 Å². The summed E-state index contributed by atoms with van der Waals surface area (Å²) in [5.41, 5.74) is 1.26. The molecular weight excluding hydrogens is 196 g/mol. The summed E-state index contributed by atoms with van der Waals surface area (Å²) < 4.78 is 0. The Balaban J connectivity index is 2.30. The van der Waals surface area contributed by atoms with Gasteiger partial charge in [0.25, 0.3) is 0 Å². The van der Waals surface area contributed by atoms with Crippen LogP contribution in [0.25, 0.3) is 0 Å². The Morgan fingerprint density at radius 2 is 1.75 bits per heavy atom. The molecule has 0 aliphatic heterocycles. The Labute approximate surface area is 98.9 Å². The molecule has 0 aliphatic rings. The predicted octanol–water partition coefficient (Wildman–Crippen LogP) is 4.01. The van der Waals surface area contributed by atoms with E-state index < -0.39 is 0 Å². The smallest absolute Gasteiger partial charge is 0.133 e. The van der Waals surface area contributed by atoms with E-state index in [2.05, 4.69) is 26.0 Å². The van der Waals surface area contributed by atoms with E-state index in [1.807, 2.05) is 18.2 Å². The third-order valence-corrected chi connectivity index (χ3v) is 3.21. The second-order valence-electron chi connectivity index (χ2n) is 4.41. The average Bonchev–Trinajstić information content (AvgIpc) is 2.34. The fourth-order valence-corrected chi connectivity index (χ4v) is 1.93. The summed E-state index contributed by atoms with van der Waals surface area (Å²) >= 11 is 0. The van der Waals surface area contributed by atoms with Crippen molar-refractivity contribution in [3.8, 4) is 0 Å². The molecule has 0 bridgehead atoms. The molecule has 0 heterocycles. The van der Waals surface area contributed by atoms with Crippen LogP contribution in [0.15, 0.2) is 30.3 Å². The lowest BCUT2D eigenvalue weighted by Gasteiger charge is -2.10. The molecule has 0 aliphatic carbocycles. The molecule has 0 atom stereocenters. The average molecular weight is 218 g/mol. The molecule has 1 rings (SSSR count). The zero-order valence-corrected chi connectivity index (χ0v) is 10.4. The van der Waals surface area contributed by atoms with Gasteiger partial charge in [-0.05, 0) is 17.9 Å². The Hall–Kier alpha value is -1.11. The maximum absolute atomic E-state index is 11.7. The van der Waals surface area contributed by atoms with Gasteiger partial charge >= 0.3 is 0 Å². The van der Waals surface area contributed by atoms with E-state index >= 15 is 0 Å². The Morgan fingerprint density at radius 1 is 1.12 bits per heavy atom. The van der Waals surface area contributed by atoms with Crippen LogP contribution < -0.4 is 0 Å². The van der Waals surface area contributed by atoms with Gasteiger partial charge in [-0.1, -0.05) is 57.0 Å². The molecule has 0 fully saturated rings. The molecule has 0 amide bonds. The van der Waals surface area contributed by atoms with Crippen molar-refractivity contribution in [1.29, 1.82) is 0 Å². The molecule has 1 aromatic rings. The minimum Gasteiger partial charge on any atom is -0.300 e. The first kappa shape index (κ1) is 13.0. The molecule has 1 nitrogen and oxygen atoms in total. The van der Waals surface area contributed by atoms with Crippen molar-refractivity contribution in [1.82, 2.24) is 0 Å². The molecule has 1 heteroatoms. The van der Waals surface area contributed by atoms with Crippen molar-refractivity contribution in [3.63, 3.8) is 0 Å². The van der Waals surface area contributed by atoms with Crippen molar-refractivity contribution in [2.75, 3.05) is 0 Å². The SMILES string of the molecule is CCC(CC)CC(=O)CCc1ccccc1. The van der Waals surface area contributed by atoms with Crippen LogP contribution in [0.5, 0.6) is 0 Å². The summed E-state index contributed by atoms with van der Waals surface area (Å²) in [6.45, 7) is 4.33. The summed E-state index contributed by atoms with van der Waals surface area (Å²) in [4.78, 5) is 11.7. The van der Waals surface area contributed by atoms with Gasteiger partial charge in [0, 0.05) is 12.8 Å². The Kier molecular flexibility index (Phi) is 5.84. The summed E-state index contributed by atoms with van der Waals surface area (Å²) in [6, 6.07) is 10.2. The molecule has 0 spiro atoms. The van der Waals surface area contributed by atoms with Crippen LogP contribution in [0, 0.1) is 5.92 Å². The largest absolute Gasteiger partial charge is 0.300 e. The number of hydrogen-bond donors (Lipinski definition) is 0. The van der Waals surface area contributed by atoms with Crippen LogP contribution in [0.3, 0.4) is 0 Å². The van der Waals surface area contributed by atoms with E-state index in [1.165, 1.54) is 5.56 Å². The molecule has 16 heavy (non-hydrogen) atoms. The molecule has 0 saturated heterocycles. The highest BCUT2D eigenvalue weighted by atomic mass is 16.1. The normalized spacial score (nSPS) is 10.7. The Morgan fingerprint density at radius 3 is 2.31 bits per heavy atom. The van der Waals surface area contributed by atoms with Crippen molar-refractivity contribution in [3.05, 3.63) is 35.9 Å². The molecule has 0 saturated carbocycles. The van der Waals surface area contributed by atoms with Crippen LogP contribution in [-0.4, -0.2) is 5.78 Å². The number of carbonyl (C=O) groups excluding carboxylic acids is 1. The maximum atomic E-state index is 11.7. The number of benzene rings is 1. The summed E-state index contributed by atoms with van der Waals surface area (Å²) in [5, 5.41) is 0. The zero-order valence-electron chi connectivity index (χ0n) is 10.4. The number of Topliss-reactive ketones (excluding diaryl/α,β-unsaturated/α-hetero) is 1. The second-order valence-corrected chi connectivity index (χ2v) is 4.41. The zero-order chi connectivity index (χ0) is 11.8. The number of hydrogen-bond acceptors (Lipinski definition) is 1. The summed E-state index contributed by atoms with van der Waals surface area (Å²) in [7, 11) is 0. The van der Waals surface area contributed by atoms with Gasteiger partial charge in [0.05, 0.1) is 0 Å². The monoisotopic (exact) mass is 218 g/mol. The number of carbonyl (C=O) groups is 1. The quantitative estimate of drug-likeness (QED) is 0.675. The molecule has 0 N–H and O–H groups in total. The van der Waals surface area contributed by atoms with E-state index in [0.717, 1.165) is 25.7 Å². The standard InChI is InChI=1S/C15H22O/c1-3-13(4-2)12-15(16)11-10-14-8-6-5-7-9-14/h5-9,13H,3-4,10-12H2,1-2H3. The van der Waals surface area contributed by atoms with Gasteiger partial charge in [-0.15, -0.1) is 0 Å². The van der Waals surface area contributed by atoms with E-state index in [4.69, 9.17) is 0 Å². The highest BCUT2D eigenvalue weighted by Gasteiger charge is 2.09. The van der Waals surface area contributed by atoms with Crippen molar-refractivity contribution < 1.29 is 4.79 Å². The summed E-state index contributed by atoms with van der Waals surface area (Å²) in [6.07, 6.45) is 4.58. The second kappa shape index (κ2) is 7.21.